The highest BCUT2D eigenvalue weighted by Gasteiger charge is 2.27. The molecule has 2 atom stereocenters. The molecule has 1 aromatic rings. The van der Waals surface area contributed by atoms with Crippen molar-refractivity contribution in [1.29, 1.82) is 0 Å². The normalized spacial score (nSPS) is 14.8. The molecule has 0 saturated carbocycles. The number of aliphatic hydroxyl groups is 1. The Morgan fingerprint density at radius 1 is 1.25 bits per heavy atom. The summed E-state index contributed by atoms with van der Waals surface area (Å²) in [6, 6.07) is 6.93. The van der Waals surface area contributed by atoms with Gasteiger partial charge in [-0.05, 0) is 44.4 Å². The maximum absolute atomic E-state index is 13.1. The Balaban J connectivity index is 3.05. The molecular weight excluding hydrogens is 255 g/mol. The van der Waals surface area contributed by atoms with Crippen LogP contribution in [0, 0.1) is 5.82 Å². The van der Waals surface area contributed by atoms with Gasteiger partial charge in [0.1, 0.15) is 5.82 Å². The maximum atomic E-state index is 13.1. The Kier molecular flexibility index (Phi) is 7.13. The summed E-state index contributed by atoms with van der Waals surface area (Å²) in [6.45, 7) is 7.25. The van der Waals surface area contributed by atoms with Gasteiger partial charge in [-0.2, -0.15) is 0 Å². The maximum Gasteiger partial charge on any atom is 0.123 e. The summed E-state index contributed by atoms with van der Waals surface area (Å²) in [7, 11) is 0. The van der Waals surface area contributed by atoms with E-state index >= 15 is 0 Å². The molecule has 0 saturated heterocycles. The van der Waals surface area contributed by atoms with Gasteiger partial charge in [0.15, 0.2) is 0 Å². The third-order valence-electron chi connectivity index (χ3n) is 3.68. The Labute approximate surface area is 121 Å². The molecule has 0 spiro atoms. The molecule has 4 heteroatoms. The first-order valence-electron chi connectivity index (χ1n) is 7.38. The molecule has 20 heavy (non-hydrogen) atoms. The van der Waals surface area contributed by atoms with Crippen LogP contribution < -0.4 is 5.73 Å². The number of aliphatic hydroxyl groups excluding tert-OH is 1. The van der Waals surface area contributed by atoms with Crippen LogP contribution in [0.3, 0.4) is 0 Å². The zero-order chi connectivity index (χ0) is 15.1. The quantitative estimate of drug-likeness (QED) is 0.771. The van der Waals surface area contributed by atoms with Gasteiger partial charge in [0, 0.05) is 25.2 Å². The second-order valence-corrected chi connectivity index (χ2v) is 5.48. The number of hydrogen-bond donors (Lipinski definition) is 2. The Bertz CT molecular complexity index is 381. The number of rotatable bonds is 8. The highest BCUT2D eigenvalue weighted by molar-refractivity contribution is 5.22. The molecule has 0 amide bonds. The van der Waals surface area contributed by atoms with Crippen LogP contribution in [0.15, 0.2) is 24.3 Å². The van der Waals surface area contributed by atoms with Gasteiger partial charge in [0.25, 0.3) is 0 Å². The molecule has 0 radical (unpaired) electrons. The molecule has 0 aliphatic heterocycles. The molecule has 0 aliphatic carbocycles. The van der Waals surface area contributed by atoms with Crippen molar-refractivity contribution in [2.45, 2.75) is 51.7 Å². The summed E-state index contributed by atoms with van der Waals surface area (Å²) < 4.78 is 13.1. The number of hydrogen-bond acceptors (Lipinski definition) is 3. The van der Waals surface area contributed by atoms with Gasteiger partial charge >= 0.3 is 0 Å². The van der Waals surface area contributed by atoms with E-state index in [0.29, 0.717) is 12.5 Å². The average molecular weight is 282 g/mol. The summed E-state index contributed by atoms with van der Waals surface area (Å²) in [5.74, 6) is -0.232. The van der Waals surface area contributed by atoms with E-state index in [0.717, 1.165) is 18.5 Å². The van der Waals surface area contributed by atoms with E-state index in [4.69, 9.17) is 10.8 Å². The molecule has 0 aromatic heterocycles. The molecule has 0 heterocycles. The smallest absolute Gasteiger partial charge is 0.123 e. The summed E-state index contributed by atoms with van der Waals surface area (Å²) in [6.07, 6.45) is 1.57. The lowest BCUT2D eigenvalue weighted by Gasteiger charge is -2.38. The third-order valence-corrected chi connectivity index (χ3v) is 3.68. The molecular formula is C16H27FN2O. The van der Waals surface area contributed by atoms with Gasteiger partial charge in [-0.3, -0.25) is 4.90 Å². The highest BCUT2D eigenvalue weighted by Crippen LogP contribution is 2.27. The van der Waals surface area contributed by atoms with Crippen molar-refractivity contribution in [3.63, 3.8) is 0 Å². The van der Waals surface area contributed by atoms with E-state index in [-0.39, 0.29) is 24.5 Å². The SMILES string of the molecule is CCC(N)C(c1ccc(F)cc1)N(CCCO)C(C)C. The van der Waals surface area contributed by atoms with E-state index in [2.05, 4.69) is 25.7 Å². The highest BCUT2D eigenvalue weighted by atomic mass is 19.1. The lowest BCUT2D eigenvalue weighted by molar-refractivity contribution is 0.118. The number of nitrogens with two attached hydrogens (primary N) is 1. The zero-order valence-electron chi connectivity index (χ0n) is 12.7. The first-order chi connectivity index (χ1) is 9.51. The standard InChI is InChI=1S/C16H27FN2O/c1-4-15(18)16(13-6-8-14(17)9-7-13)19(12(2)3)10-5-11-20/h6-9,12,15-16,20H,4-5,10-11,18H2,1-3H3. The van der Waals surface area contributed by atoms with E-state index < -0.39 is 0 Å². The fraction of sp³-hybridized carbons (Fsp3) is 0.625. The predicted octanol–water partition coefficient (Wildman–Crippen LogP) is 2.70. The second kappa shape index (κ2) is 8.35. The van der Waals surface area contributed by atoms with E-state index in [1.54, 1.807) is 0 Å². The van der Waals surface area contributed by atoms with Crippen LogP contribution >= 0.6 is 0 Å². The average Bonchev–Trinajstić information content (AvgIpc) is 2.43. The monoisotopic (exact) mass is 282 g/mol. The van der Waals surface area contributed by atoms with Crippen molar-refractivity contribution < 1.29 is 9.50 Å². The number of benzene rings is 1. The number of halogens is 1. The molecule has 3 nitrogen and oxygen atoms in total. The Morgan fingerprint density at radius 3 is 2.30 bits per heavy atom. The van der Waals surface area contributed by atoms with Crippen LogP contribution in [-0.2, 0) is 0 Å². The molecule has 1 rings (SSSR count). The molecule has 3 N–H and O–H groups in total. The lowest BCUT2D eigenvalue weighted by Crippen LogP contribution is -2.44. The fourth-order valence-electron chi connectivity index (χ4n) is 2.54. The molecule has 2 unspecified atom stereocenters. The lowest BCUT2D eigenvalue weighted by atomic mass is 9.95. The van der Waals surface area contributed by atoms with Crippen molar-refractivity contribution in [3.8, 4) is 0 Å². The molecule has 0 fully saturated rings. The van der Waals surface area contributed by atoms with Gasteiger partial charge < -0.3 is 10.8 Å². The largest absolute Gasteiger partial charge is 0.396 e. The van der Waals surface area contributed by atoms with Crippen molar-refractivity contribution in [1.82, 2.24) is 4.90 Å². The van der Waals surface area contributed by atoms with Crippen LogP contribution in [0.5, 0.6) is 0 Å². The van der Waals surface area contributed by atoms with Gasteiger partial charge in [-0.15, -0.1) is 0 Å². The summed E-state index contributed by atoms with van der Waals surface area (Å²) in [4.78, 5) is 2.29. The molecule has 114 valence electrons. The van der Waals surface area contributed by atoms with Crippen LogP contribution in [0.4, 0.5) is 4.39 Å². The van der Waals surface area contributed by atoms with Crippen molar-refractivity contribution in [3.05, 3.63) is 35.6 Å². The zero-order valence-corrected chi connectivity index (χ0v) is 12.7. The van der Waals surface area contributed by atoms with E-state index in [1.807, 2.05) is 12.1 Å². The summed E-state index contributed by atoms with van der Waals surface area (Å²) in [5.41, 5.74) is 7.33. The first kappa shape index (κ1) is 17.1. The van der Waals surface area contributed by atoms with E-state index in [9.17, 15) is 4.39 Å². The minimum absolute atomic E-state index is 0.0124. The van der Waals surface area contributed by atoms with Crippen LogP contribution in [-0.4, -0.2) is 35.2 Å². The van der Waals surface area contributed by atoms with Crippen molar-refractivity contribution in [2.24, 2.45) is 5.73 Å². The first-order valence-corrected chi connectivity index (χ1v) is 7.38. The minimum atomic E-state index is -0.232. The van der Waals surface area contributed by atoms with Gasteiger partial charge in [0.2, 0.25) is 0 Å². The fourth-order valence-corrected chi connectivity index (χ4v) is 2.54. The van der Waals surface area contributed by atoms with Crippen molar-refractivity contribution >= 4 is 0 Å². The number of nitrogens with zero attached hydrogens (tertiary/aromatic N) is 1. The van der Waals surface area contributed by atoms with Gasteiger partial charge in [-0.25, -0.2) is 4.39 Å². The predicted molar refractivity (Wildman–Crippen MR) is 81.0 cm³/mol. The molecule has 1 aromatic carbocycles. The summed E-state index contributed by atoms with van der Waals surface area (Å²) >= 11 is 0. The van der Waals surface area contributed by atoms with Crippen LogP contribution in [0.2, 0.25) is 0 Å². The van der Waals surface area contributed by atoms with Gasteiger partial charge in [0.05, 0.1) is 6.04 Å². The minimum Gasteiger partial charge on any atom is -0.396 e. The van der Waals surface area contributed by atoms with Crippen molar-refractivity contribution in [2.75, 3.05) is 13.2 Å². The van der Waals surface area contributed by atoms with E-state index in [1.165, 1.54) is 12.1 Å². The third kappa shape index (κ3) is 4.54. The second-order valence-electron chi connectivity index (χ2n) is 5.48. The Morgan fingerprint density at radius 2 is 1.85 bits per heavy atom. The summed E-state index contributed by atoms with van der Waals surface area (Å²) in [5, 5.41) is 9.07. The van der Waals surface area contributed by atoms with Gasteiger partial charge in [-0.1, -0.05) is 19.1 Å². The molecule has 0 bridgehead atoms. The molecule has 0 aliphatic rings. The Hall–Kier alpha value is -0.970. The van der Waals surface area contributed by atoms with Crippen LogP contribution in [0.1, 0.15) is 45.2 Å². The topological polar surface area (TPSA) is 49.5 Å². The van der Waals surface area contributed by atoms with Crippen LogP contribution in [0.25, 0.3) is 0 Å².